The molecule has 0 saturated heterocycles. The van der Waals surface area contributed by atoms with E-state index in [1.807, 2.05) is 0 Å². The molecule has 1 aromatic heterocycles. The van der Waals surface area contributed by atoms with Crippen LogP contribution in [-0.4, -0.2) is 72.0 Å². The van der Waals surface area contributed by atoms with Crippen molar-refractivity contribution in [1.29, 1.82) is 0 Å². The van der Waals surface area contributed by atoms with Crippen molar-refractivity contribution < 1.29 is 23.9 Å². The molecule has 1 heterocycles. The van der Waals surface area contributed by atoms with Gasteiger partial charge in [0.1, 0.15) is 17.2 Å². The number of halogens is 1. The van der Waals surface area contributed by atoms with Crippen LogP contribution in [0.1, 0.15) is 49.4 Å². The number of amides is 3. The number of nitrogens with one attached hydrogen (secondary N) is 1. The number of nitrogens with zero attached hydrogens (tertiary/aromatic N) is 4. The minimum Gasteiger partial charge on any atom is -0.504 e. The number of benzene rings is 1. The zero-order chi connectivity index (χ0) is 24.9. The number of pyridine rings is 1. The van der Waals surface area contributed by atoms with Gasteiger partial charge < -0.3 is 20.2 Å². The molecule has 2 N–H and O–H groups in total. The minimum atomic E-state index is -0.809. The Hall–Kier alpha value is -4.08. The van der Waals surface area contributed by atoms with E-state index in [0.717, 1.165) is 6.07 Å². The molecule has 33 heavy (non-hydrogen) atoms. The molecule has 174 valence electrons. The zero-order valence-electron chi connectivity index (χ0n) is 19.1. The number of carbonyl (C=O) groups excluding carboxylic acids is 3. The summed E-state index contributed by atoms with van der Waals surface area (Å²) >= 11 is 0. The summed E-state index contributed by atoms with van der Waals surface area (Å²) in [4.78, 5) is 48.7. The molecule has 2 rings (SSSR count). The van der Waals surface area contributed by atoms with Gasteiger partial charge in [-0.3, -0.25) is 19.4 Å². The molecule has 2 aromatic rings. The van der Waals surface area contributed by atoms with E-state index in [1.54, 1.807) is 6.92 Å². The number of aliphatic imine (C=N–C) groups is 1. The van der Waals surface area contributed by atoms with E-state index in [1.165, 1.54) is 62.4 Å². The van der Waals surface area contributed by atoms with Gasteiger partial charge in [-0.15, -0.1) is 0 Å². The molecule has 0 aliphatic carbocycles. The molecular formula is C23H26FN5O4. The van der Waals surface area contributed by atoms with Crippen molar-refractivity contribution in [3.63, 3.8) is 0 Å². The zero-order valence-corrected chi connectivity index (χ0v) is 19.1. The number of rotatable bonds is 7. The van der Waals surface area contributed by atoms with Gasteiger partial charge >= 0.3 is 0 Å². The molecule has 9 nitrogen and oxygen atoms in total. The van der Waals surface area contributed by atoms with Gasteiger partial charge in [0.15, 0.2) is 11.4 Å². The van der Waals surface area contributed by atoms with E-state index in [-0.39, 0.29) is 29.1 Å². The lowest BCUT2D eigenvalue weighted by Crippen LogP contribution is -2.29. The van der Waals surface area contributed by atoms with E-state index in [9.17, 15) is 23.9 Å². The van der Waals surface area contributed by atoms with Crippen LogP contribution in [0.15, 0.2) is 29.8 Å². The maximum absolute atomic E-state index is 13.7. The highest BCUT2D eigenvalue weighted by Crippen LogP contribution is 2.36. The lowest BCUT2D eigenvalue weighted by atomic mass is 10.1. The van der Waals surface area contributed by atoms with Gasteiger partial charge in [0.2, 0.25) is 0 Å². The first-order chi connectivity index (χ1) is 15.5. The smallest absolute Gasteiger partial charge is 0.274 e. The van der Waals surface area contributed by atoms with Gasteiger partial charge in [0.05, 0.1) is 0 Å². The van der Waals surface area contributed by atoms with E-state index < -0.39 is 35.0 Å². The van der Waals surface area contributed by atoms with Gasteiger partial charge in [0, 0.05) is 52.1 Å². The molecule has 0 atom stereocenters. The normalized spacial score (nSPS) is 10.7. The molecule has 0 bridgehead atoms. The second-order valence-corrected chi connectivity index (χ2v) is 7.39. The molecule has 0 radical (unpaired) electrons. The first kappa shape index (κ1) is 25.2. The lowest BCUT2D eigenvalue weighted by Gasteiger charge is -2.17. The Labute approximate surface area is 191 Å². The first-order valence-electron chi connectivity index (χ1n) is 9.91. The molecule has 0 fully saturated rings. The summed E-state index contributed by atoms with van der Waals surface area (Å²) in [7, 11) is 6.09. The van der Waals surface area contributed by atoms with Crippen LogP contribution in [0.4, 0.5) is 10.1 Å². The molecule has 3 amide bonds. The second kappa shape index (κ2) is 10.5. The van der Waals surface area contributed by atoms with Crippen LogP contribution in [0.3, 0.4) is 0 Å². The van der Waals surface area contributed by atoms with Crippen molar-refractivity contribution in [3.8, 4) is 5.75 Å². The van der Waals surface area contributed by atoms with Crippen molar-refractivity contribution in [3.05, 3.63) is 58.7 Å². The van der Waals surface area contributed by atoms with Gasteiger partial charge in [-0.25, -0.2) is 9.37 Å². The van der Waals surface area contributed by atoms with Gasteiger partial charge in [-0.05, 0) is 24.6 Å². The second-order valence-electron chi connectivity index (χ2n) is 7.39. The summed E-state index contributed by atoms with van der Waals surface area (Å²) in [5.74, 6) is -2.88. The van der Waals surface area contributed by atoms with E-state index >= 15 is 0 Å². The van der Waals surface area contributed by atoms with Crippen molar-refractivity contribution in [2.75, 3.05) is 28.2 Å². The van der Waals surface area contributed by atoms with Crippen LogP contribution >= 0.6 is 0 Å². The topological polar surface area (TPSA) is 115 Å². The predicted molar refractivity (Wildman–Crippen MR) is 123 cm³/mol. The molecule has 0 aliphatic rings. The highest BCUT2D eigenvalue weighted by atomic mass is 19.1. The van der Waals surface area contributed by atoms with Crippen molar-refractivity contribution in [2.24, 2.45) is 4.99 Å². The number of carbonyl (C=O) groups is 3. The third-order valence-electron chi connectivity index (χ3n) is 4.62. The standard InChI is InChI=1S/C23H26FN5O4/c1-7-15-17(25-8-2)20(30)19(27-18(15)23(33)29(5)6)21(31)26-12-13-9-10-14(24)11-16(13)22(32)28(3)4/h7-11,30H,1,12H2,2-6H3,(H,26,31). The molecule has 0 saturated carbocycles. The predicted octanol–water partition coefficient (Wildman–Crippen LogP) is 2.63. The largest absolute Gasteiger partial charge is 0.504 e. The minimum absolute atomic E-state index is 0.0249. The molecule has 0 unspecified atom stereocenters. The summed E-state index contributed by atoms with van der Waals surface area (Å²) in [5, 5.41) is 13.2. The van der Waals surface area contributed by atoms with Crippen molar-refractivity contribution >= 4 is 35.7 Å². The highest BCUT2D eigenvalue weighted by molar-refractivity contribution is 6.03. The first-order valence-corrected chi connectivity index (χ1v) is 9.91. The summed E-state index contributed by atoms with van der Waals surface area (Å²) in [6.45, 7) is 5.11. The number of aromatic hydroxyl groups is 1. The fraction of sp³-hybridized carbons (Fsp3) is 0.261. The fourth-order valence-corrected chi connectivity index (χ4v) is 2.97. The lowest BCUT2D eigenvalue weighted by molar-refractivity contribution is 0.0814. The summed E-state index contributed by atoms with van der Waals surface area (Å²) in [6, 6.07) is 3.64. The monoisotopic (exact) mass is 455 g/mol. The number of hydrogen-bond donors (Lipinski definition) is 2. The Morgan fingerprint density at radius 3 is 2.33 bits per heavy atom. The Kier molecular flexibility index (Phi) is 8.00. The fourth-order valence-electron chi connectivity index (χ4n) is 2.97. The highest BCUT2D eigenvalue weighted by Gasteiger charge is 2.26. The molecule has 1 aromatic carbocycles. The van der Waals surface area contributed by atoms with E-state index in [4.69, 9.17) is 0 Å². The van der Waals surface area contributed by atoms with Crippen molar-refractivity contribution in [1.82, 2.24) is 20.1 Å². The molecule has 10 heteroatoms. The van der Waals surface area contributed by atoms with Crippen LogP contribution in [-0.2, 0) is 6.54 Å². The van der Waals surface area contributed by atoms with Crippen LogP contribution in [0.5, 0.6) is 5.75 Å². The maximum Gasteiger partial charge on any atom is 0.274 e. The number of aromatic nitrogens is 1. The summed E-state index contributed by atoms with van der Waals surface area (Å²) in [6.07, 6.45) is 2.72. The van der Waals surface area contributed by atoms with Crippen molar-refractivity contribution in [2.45, 2.75) is 13.5 Å². The maximum atomic E-state index is 13.7. The quantitative estimate of drug-likeness (QED) is 0.623. The summed E-state index contributed by atoms with van der Waals surface area (Å²) < 4.78 is 13.7. The molecular weight excluding hydrogens is 429 g/mol. The Bertz CT molecular complexity index is 1140. The number of hydrogen-bond acceptors (Lipinski definition) is 6. The SMILES string of the molecule is C=Cc1c(C(=O)N(C)C)nc(C(=O)NCc2ccc(F)cc2C(=O)N(C)C)c(O)c1N=CC. The van der Waals surface area contributed by atoms with E-state index in [2.05, 4.69) is 21.9 Å². The van der Waals surface area contributed by atoms with Gasteiger partial charge in [-0.1, -0.05) is 18.7 Å². The Morgan fingerprint density at radius 2 is 1.79 bits per heavy atom. The Balaban J connectivity index is 2.50. The van der Waals surface area contributed by atoms with Crippen LogP contribution in [0, 0.1) is 5.82 Å². The van der Waals surface area contributed by atoms with Crippen LogP contribution in [0.25, 0.3) is 6.08 Å². The average Bonchev–Trinajstić information content (AvgIpc) is 2.77. The molecule has 0 spiro atoms. The van der Waals surface area contributed by atoms with Gasteiger partial charge in [-0.2, -0.15) is 0 Å². The Morgan fingerprint density at radius 1 is 1.15 bits per heavy atom. The third-order valence-corrected chi connectivity index (χ3v) is 4.62. The van der Waals surface area contributed by atoms with Gasteiger partial charge in [0.25, 0.3) is 17.7 Å². The van der Waals surface area contributed by atoms with Crippen LogP contribution < -0.4 is 5.32 Å². The molecule has 0 aliphatic heterocycles. The van der Waals surface area contributed by atoms with E-state index in [0.29, 0.717) is 5.56 Å². The third kappa shape index (κ3) is 5.40. The average molecular weight is 455 g/mol. The summed E-state index contributed by atoms with van der Waals surface area (Å²) in [5.41, 5.74) is 0.0699. The van der Waals surface area contributed by atoms with Crippen LogP contribution in [0.2, 0.25) is 0 Å².